The van der Waals surface area contributed by atoms with Crippen LogP contribution in [0.25, 0.3) is 0 Å². The van der Waals surface area contributed by atoms with Gasteiger partial charge in [0.05, 0.1) is 11.8 Å². The number of aliphatic hydroxyl groups excluding tert-OH is 1. The van der Waals surface area contributed by atoms with E-state index in [-0.39, 0.29) is 12.0 Å². The Morgan fingerprint density at radius 1 is 1.65 bits per heavy atom. The largest absolute Gasteiger partial charge is 0.391 e. The highest BCUT2D eigenvalue weighted by atomic mass is 32.1. The lowest BCUT2D eigenvalue weighted by molar-refractivity contribution is 0.0476. The number of likely N-dealkylation sites (tertiary alicyclic amines) is 1. The van der Waals surface area contributed by atoms with Crippen LogP contribution in [-0.2, 0) is 6.42 Å². The van der Waals surface area contributed by atoms with Crippen molar-refractivity contribution in [3.05, 3.63) is 10.6 Å². The highest BCUT2D eigenvalue weighted by molar-refractivity contribution is 7.08. The van der Waals surface area contributed by atoms with Crippen molar-refractivity contribution in [2.24, 2.45) is 0 Å². The van der Waals surface area contributed by atoms with Gasteiger partial charge in [0.15, 0.2) is 0 Å². The van der Waals surface area contributed by atoms with Gasteiger partial charge in [0.2, 0.25) is 0 Å². The molecular weight excluding hydrogens is 238 g/mol. The molecule has 1 aliphatic rings. The summed E-state index contributed by atoms with van der Waals surface area (Å²) in [5, 5.41) is 13.6. The molecular formula is C11H17N3O2S. The van der Waals surface area contributed by atoms with E-state index < -0.39 is 0 Å². The number of hydrogen-bond acceptors (Lipinski definition) is 5. The third-order valence-corrected chi connectivity index (χ3v) is 3.68. The molecule has 1 N–H and O–H groups in total. The summed E-state index contributed by atoms with van der Waals surface area (Å²) in [5.74, 6) is -0.0257. The van der Waals surface area contributed by atoms with Gasteiger partial charge in [0.25, 0.3) is 5.91 Å². The second-order valence-corrected chi connectivity index (χ2v) is 5.10. The molecule has 0 spiro atoms. The van der Waals surface area contributed by atoms with Crippen molar-refractivity contribution in [3.8, 4) is 0 Å². The lowest BCUT2D eigenvalue weighted by Crippen LogP contribution is -2.42. The smallest absolute Gasteiger partial charge is 0.267 e. The minimum Gasteiger partial charge on any atom is -0.391 e. The quantitative estimate of drug-likeness (QED) is 0.878. The number of carbonyl (C=O) groups is 1. The summed E-state index contributed by atoms with van der Waals surface area (Å²) in [6.45, 7) is 3.21. The Morgan fingerprint density at radius 3 is 3.18 bits per heavy atom. The molecule has 0 radical (unpaired) electrons. The lowest BCUT2D eigenvalue weighted by Gasteiger charge is -2.29. The first kappa shape index (κ1) is 12.4. The summed E-state index contributed by atoms with van der Waals surface area (Å²) in [5.41, 5.74) is 0.794. The molecule has 1 aromatic rings. The van der Waals surface area contributed by atoms with Crippen LogP contribution in [0.4, 0.5) is 0 Å². The van der Waals surface area contributed by atoms with Gasteiger partial charge in [-0.15, -0.1) is 5.10 Å². The number of aryl methyl sites for hydroxylation is 1. The van der Waals surface area contributed by atoms with Crippen LogP contribution in [0.3, 0.4) is 0 Å². The fourth-order valence-electron chi connectivity index (χ4n) is 2.05. The van der Waals surface area contributed by atoms with E-state index in [1.54, 1.807) is 4.90 Å². The van der Waals surface area contributed by atoms with Crippen molar-refractivity contribution in [1.29, 1.82) is 0 Å². The van der Waals surface area contributed by atoms with Gasteiger partial charge in [-0.2, -0.15) is 0 Å². The first-order valence-electron chi connectivity index (χ1n) is 6.01. The van der Waals surface area contributed by atoms with Gasteiger partial charge in [0, 0.05) is 13.1 Å². The van der Waals surface area contributed by atoms with Crippen LogP contribution < -0.4 is 0 Å². The van der Waals surface area contributed by atoms with E-state index in [0.717, 1.165) is 49.5 Å². The van der Waals surface area contributed by atoms with Gasteiger partial charge in [-0.25, -0.2) is 0 Å². The first-order chi connectivity index (χ1) is 8.22. The number of aliphatic hydroxyl groups is 1. The van der Waals surface area contributed by atoms with Crippen LogP contribution >= 0.6 is 11.5 Å². The Labute approximate surface area is 105 Å². The van der Waals surface area contributed by atoms with E-state index in [9.17, 15) is 9.90 Å². The lowest BCUT2D eigenvalue weighted by atomic mass is 10.1. The molecule has 17 heavy (non-hydrogen) atoms. The molecule has 1 saturated heterocycles. The van der Waals surface area contributed by atoms with Crippen LogP contribution in [0.5, 0.6) is 0 Å². The zero-order chi connectivity index (χ0) is 12.3. The Balaban J connectivity index is 2.10. The first-order valence-corrected chi connectivity index (χ1v) is 6.78. The van der Waals surface area contributed by atoms with Crippen molar-refractivity contribution in [1.82, 2.24) is 14.5 Å². The van der Waals surface area contributed by atoms with Gasteiger partial charge in [-0.05, 0) is 30.8 Å². The van der Waals surface area contributed by atoms with Crippen LogP contribution in [0.1, 0.15) is 41.6 Å². The van der Waals surface area contributed by atoms with Crippen molar-refractivity contribution in [2.45, 2.75) is 38.7 Å². The molecule has 1 aromatic heterocycles. The molecule has 1 aliphatic heterocycles. The molecule has 1 amide bonds. The molecule has 0 saturated carbocycles. The Bertz CT molecular complexity index is 394. The third-order valence-electron chi connectivity index (χ3n) is 2.92. The minimum absolute atomic E-state index is 0.0257. The Kier molecular flexibility index (Phi) is 4.06. The van der Waals surface area contributed by atoms with E-state index in [2.05, 4.69) is 16.5 Å². The van der Waals surface area contributed by atoms with Crippen molar-refractivity contribution in [3.63, 3.8) is 0 Å². The van der Waals surface area contributed by atoms with Gasteiger partial charge in [-0.3, -0.25) is 4.79 Å². The fraction of sp³-hybridized carbons (Fsp3) is 0.727. The molecule has 0 aliphatic carbocycles. The van der Waals surface area contributed by atoms with Crippen LogP contribution in [0, 0.1) is 0 Å². The predicted molar refractivity (Wildman–Crippen MR) is 65.0 cm³/mol. The molecule has 94 valence electrons. The van der Waals surface area contributed by atoms with Crippen LogP contribution in [0.15, 0.2) is 0 Å². The normalized spacial score (nSPS) is 20.6. The van der Waals surface area contributed by atoms with E-state index >= 15 is 0 Å². The number of hydrogen-bond donors (Lipinski definition) is 1. The summed E-state index contributed by atoms with van der Waals surface area (Å²) in [6, 6.07) is 0. The van der Waals surface area contributed by atoms with Gasteiger partial charge in [-0.1, -0.05) is 17.8 Å². The number of amides is 1. The highest BCUT2D eigenvalue weighted by Crippen LogP contribution is 2.18. The van der Waals surface area contributed by atoms with Crippen LogP contribution in [0.2, 0.25) is 0 Å². The summed E-state index contributed by atoms with van der Waals surface area (Å²) in [7, 11) is 0. The monoisotopic (exact) mass is 255 g/mol. The predicted octanol–water partition coefficient (Wildman–Crippen LogP) is 1.09. The van der Waals surface area contributed by atoms with Gasteiger partial charge < -0.3 is 10.0 Å². The molecule has 2 rings (SSSR count). The van der Waals surface area contributed by atoms with Gasteiger partial charge in [0.1, 0.15) is 4.88 Å². The minimum atomic E-state index is -0.386. The van der Waals surface area contributed by atoms with E-state index in [1.165, 1.54) is 0 Å². The maximum absolute atomic E-state index is 12.2. The zero-order valence-electron chi connectivity index (χ0n) is 9.93. The summed E-state index contributed by atoms with van der Waals surface area (Å²) in [4.78, 5) is 14.6. The average Bonchev–Trinajstić information content (AvgIpc) is 2.77. The topological polar surface area (TPSA) is 66.3 Å². The Morgan fingerprint density at radius 2 is 2.47 bits per heavy atom. The van der Waals surface area contributed by atoms with E-state index in [1.807, 2.05) is 0 Å². The number of rotatable bonds is 3. The summed E-state index contributed by atoms with van der Waals surface area (Å²) in [6.07, 6.45) is 3.00. The Hall–Kier alpha value is -1.01. The number of β-amino-alcohol motifs (C(OH)–C–C–N with tert-alkyl or cyclic N) is 1. The molecule has 6 heteroatoms. The van der Waals surface area contributed by atoms with Crippen molar-refractivity contribution >= 4 is 17.4 Å². The standard InChI is InChI=1S/C11H17N3O2S/c1-2-4-9-10(17-13-12-9)11(16)14-6-3-5-8(15)7-14/h8,15H,2-7H2,1H3. The van der Waals surface area contributed by atoms with Gasteiger partial charge >= 0.3 is 0 Å². The maximum Gasteiger partial charge on any atom is 0.267 e. The summed E-state index contributed by atoms with van der Waals surface area (Å²) >= 11 is 1.16. The van der Waals surface area contributed by atoms with Crippen molar-refractivity contribution in [2.75, 3.05) is 13.1 Å². The molecule has 0 aromatic carbocycles. The number of aromatic nitrogens is 2. The average molecular weight is 255 g/mol. The highest BCUT2D eigenvalue weighted by Gasteiger charge is 2.26. The van der Waals surface area contributed by atoms with E-state index in [0.29, 0.717) is 11.4 Å². The second kappa shape index (κ2) is 5.55. The van der Waals surface area contributed by atoms with E-state index in [4.69, 9.17) is 0 Å². The molecule has 1 fully saturated rings. The number of carbonyl (C=O) groups excluding carboxylic acids is 1. The molecule has 5 nitrogen and oxygen atoms in total. The molecule has 1 unspecified atom stereocenters. The zero-order valence-corrected chi connectivity index (χ0v) is 10.7. The fourth-order valence-corrected chi connectivity index (χ4v) is 2.73. The maximum atomic E-state index is 12.2. The number of piperidine rings is 1. The number of nitrogens with zero attached hydrogens (tertiary/aromatic N) is 3. The van der Waals surface area contributed by atoms with Crippen molar-refractivity contribution < 1.29 is 9.90 Å². The molecule has 0 bridgehead atoms. The van der Waals surface area contributed by atoms with Crippen LogP contribution in [-0.4, -0.2) is 44.7 Å². The second-order valence-electron chi connectivity index (χ2n) is 4.35. The molecule has 2 heterocycles. The molecule has 1 atom stereocenters. The third kappa shape index (κ3) is 2.81. The SMILES string of the molecule is CCCc1nnsc1C(=O)N1CCCC(O)C1. The summed E-state index contributed by atoms with van der Waals surface area (Å²) < 4.78 is 3.86.